The molecule has 2 aromatic carbocycles. The van der Waals surface area contributed by atoms with Crippen LogP contribution in [-0.2, 0) is 0 Å². The Labute approximate surface area is 101 Å². The fraction of sp³-hybridized carbons (Fsp3) is 0. The van der Waals surface area contributed by atoms with Crippen LogP contribution in [0.1, 0.15) is 10.6 Å². The third kappa shape index (κ3) is 1.65. The van der Waals surface area contributed by atoms with Gasteiger partial charge < -0.3 is 9.52 Å². The highest BCUT2D eigenvalue weighted by molar-refractivity contribution is 6.31. The first kappa shape index (κ1) is 10.2. The Morgan fingerprint density at radius 3 is 2.65 bits per heavy atom. The van der Waals surface area contributed by atoms with Crippen LogP contribution in [0.4, 0.5) is 0 Å². The Hall–Kier alpha value is -2.00. The van der Waals surface area contributed by atoms with Crippen LogP contribution in [0, 0.1) is 0 Å². The van der Waals surface area contributed by atoms with Gasteiger partial charge in [-0.2, -0.15) is 0 Å². The van der Waals surface area contributed by atoms with Gasteiger partial charge in [0.2, 0.25) is 5.76 Å². The molecular weight excluding hydrogens is 240 g/mol. The van der Waals surface area contributed by atoms with Crippen molar-refractivity contribution in [3.8, 4) is 0 Å². The molecule has 0 aliphatic rings. The van der Waals surface area contributed by atoms with E-state index in [0.29, 0.717) is 10.6 Å². The minimum atomic E-state index is -1.07. The molecule has 0 aliphatic heterocycles. The molecular formula is C13H7ClO3. The largest absolute Gasteiger partial charge is 0.475 e. The molecule has 3 rings (SSSR count). The second kappa shape index (κ2) is 3.50. The van der Waals surface area contributed by atoms with Gasteiger partial charge in [0.25, 0.3) is 0 Å². The summed E-state index contributed by atoms with van der Waals surface area (Å²) in [7, 11) is 0. The molecule has 0 bridgehead atoms. The van der Waals surface area contributed by atoms with Gasteiger partial charge in [0, 0.05) is 10.4 Å². The number of hydrogen-bond donors (Lipinski definition) is 1. The number of halogens is 1. The van der Waals surface area contributed by atoms with E-state index in [1.807, 2.05) is 24.3 Å². The minimum Gasteiger partial charge on any atom is -0.475 e. The zero-order valence-electron chi connectivity index (χ0n) is 8.61. The van der Waals surface area contributed by atoms with E-state index in [1.54, 1.807) is 6.07 Å². The number of fused-ring (bicyclic) bond motifs is 2. The average molecular weight is 247 g/mol. The van der Waals surface area contributed by atoms with Gasteiger partial charge in [0.1, 0.15) is 5.58 Å². The number of aromatic carboxylic acids is 1. The van der Waals surface area contributed by atoms with Gasteiger partial charge in [-0.1, -0.05) is 17.7 Å². The number of carboxylic acids is 1. The number of furan rings is 1. The zero-order valence-corrected chi connectivity index (χ0v) is 9.36. The predicted octanol–water partition coefficient (Wildman–Crippen LogP) is 3.94. The minimum absolute atomic E-state index is 0.0543. The molecule has 0 radical (unpaired) electrons. The number of benzene rings is 2. The van der Waals surface area contributed by atoms with Gasteiger partial charge in [-0.05, 0) is 41.1 Å². The van der Waals surface area contributed by atoms with Crippen LogP contribution in [-0.4, -0.2) is 11.1 Å². The summed E-state index contributed by atoms with van der Waals surface area (Å²) in [6.07, 6.45) is 0. The number of hydrogen-bond acceptors (Lipinski definition) is 2. The Morgan fingerprint density at radius 1 is 1.06 bits per heavy atom. The first-order chi connectivity index (χ1) is 8.13. The van der Waals surface area contributed by atoms with Crippen molar-refractivity contribution in [3.63, 3.8) is 0 Å². The Morgan fingerprint density at radius 2 is 1.88 bits per heavy atom. The van der Waals surface area contributed by atoms with E-state index in [1.165, 1.54) is 6.07 Å². The van der Waals surface area contributed by atoms with Crippen LogP contribution in [0.2, 0.25) is 5.02 Å². The molecule has 84 valence electrons. The maximum atomic E-state index is 10.8. The van der Waals surface area contributed by atoms with Crippen LogP contribution in [0.25, 0.3) is 21.7 Å². The summed E-state index contributed by atoms with van der Waals surface area (Å²) in [5.74, 6) is -1.12. The zero-order chi connectivity index (χ0) is 12.0. The van der Waals surface area contributed by atoms with Crippen molar-refractivity contribution in [1.29, 1.82) is 0 Å². The Bertz CT molecular complexity index is 743. The van der Waals surface area contributed by atoms with E-state index < -0.39 is 5.97 Å². The van der Waals surface area contributed by atoms with E-state index in [0.717, 1.165) is 16.2 Å². The third-order valence-corrected chi connectivity index (χ3v) is 2.88. The van der Waals surface area contributed by atoms with E-state index in [-0.39, 0.29) is 5.76 Å². The van der Waals surface area contributed by atoms with Crippen LogP contribution in [0.15, 0.2) is 40.8 Å². The maximum absolute atomic E-state index is 10.8. The molecule has 0 unspecified atom stereocenters. The third-order valence-electron chi connectivity index (χ3n) is 2.65. The summed E-state index contributed by atoms with van der Waals surface area (Å²) >= 11 is 5.91. The molecule has 0 fully saturated rings. The highest BCUT2D eigenvalue weighted by Gasteiger charge is 2.10. The van der Waals surface area contributed by atoms with Crippen LogP contribution >= 0.6 is 11.6 Å². The summed E-state index contributed by atoms with van der Waals surface area (Å²) in [5, 5.41) is 12.2. The molecule has 3 nitrogen and oxygen atoms in total. The van der Waals surface area contributed by atoms with Gasteiger partial charge >= 0.3 is 5.97 Å². The average Bonchev–Trinajstić information content (AvgIpc) is 2.68. The van der Waals surface area contributed by atoms with Crippen molar-refractivity contribution < 1.29 is 14.3 Å². The summed E-state index contributed by atoms with van der Waals surface area (Å²) in [6.45, 7) is 0. The molecule has 4 heteroatoms. The first-order valence-electron chi connectivity index (χ1n) is 5.00. The molecule has 1 N–H and O–H groups in total. The lowest BCUT2D eigenvalue weighted by molar-refractivity contribution is 0.0665. The smallest absolute Gasteiger partial charge is 0.371 e. The van der Waals surface area contributed by atoms with Gasteiger partial charge in [-0.3, -0.25) is 0 Å². The number of rotatable bonds is 1. The second-order valence-corrected chi connectivity index (χ2v) is 4.23. The van der Waals surface area contributed by atoms with Crippen LogP contribution in [0.5, 0.6) is 0 Å². The van der Waals surface area contributed by atoms with E-state index in [2.05, 4.69) is 0 Å². The van der Waals surface area contributed by atoms with E-state index in [9.17, 15) is 4.79 Å². The fourth-order valence-corrected chi connectivity index (χ4v) is 2.04. The number of carboxylic acid groups (broad SMARTS) is 1. The van der Waals surface area contributed by atoms with Gasteiger partial charge in [-0.25, -0.2) is 4.79 Å². The molecule has 17 heavy (non-hydrogen) atoms. The normalized spacial score (nSPS) is 11.1. The quantitative estimate of drug-likeness (QED) is 0.708. The van der Waals surface area contributed by atoms with Crippen molar-refractivity contribution in [2.75, 3.05) is 0 Å². The lowest BCUT2D eigenvalue weighted by atomic mass is 10.1. The molecule has 0 saturated carbocycles. The molecule has 1 aromatic heterocycles. The first-order valence-corrected chi connectivity index (χ1v) is 5.37. The highest BCUT2D eigenvalue weighted by atomic mass is 35.5. The topological polar surface area (TPSA) is 50.4 Å². The maximum Gasteiger partial charge on any atom is 0.371 e. The lowest BCUT2D eigenvalue weighted by Crippen LogP contribution is -1.91. The highest BCUT2D eigenvalue weighted by Crippen LogP contribution is 2.27. The Balaban J connectivity index is 2.36. The summed E-state index contributed by atoms with van der Waals surface area (Å²) in [6, 6.07) is 10.7. The summed E-state index contributed by atoms with van der Waals surface area (Å²) < 4.78 is 5.24. The lowest BCUT2D eigenvalue weighted by Gasteiger charge is -1.98. The van der Waals surface area contributed by atoms with Crippen LogP contribution in [0.3, 0.4) is 0 Å². The molecule has 1 heterocycles. The number of carbonyl (C=O) groups is 1. The van der Waals surface area contributed by atoms with E-state index in [4.69, 9.17) is 21.1 Å². The molecule has 0 atom stereocenters. The monoisotopic (exact) mass is 246 g/mol. The Kier molecular flexibility index (Phi) is 2.09. The molecule has 3 aromatic rings. The van der Waals surface area contributed by atoms with Gasteiger partial charge in [-0.15, -0.1) is 0 Å². The second-order valence-electron chi connectivity index (χ2n) is 3.80. The van der Waals surface area contributed by atoms with Crippen LogP contribution < -0.4 is 0 Å². The van der Waals surface area contributed by atoms with Crippen molar-refractivity contribution in [2.24, 2.45) is 0 Å². The summed E-state index contributed by atoms with van der Waals surface area (Å²) in [5.41, 5.74) is 0.567. The van der Waals surface area contributed by atoms with Gasteiger partial charge in [0.05, 0.1) is 0 Å². The van der Waals surface area contributed by atoms with Crippen molar-refractivity contribution in [3.05, 3.63) is 47.2 Å². The van der Waals surface area contributed by atoms with Crippen molar-refractivity contribution >= 4 is 39.3 Å². The van der Waals surface area contributed by atoms with Crippen molar-refractivity contribution in [1.82, 2.24) is 0 Å². The summed E-state index contributed by atoms with van der Waals surface area (Å²) in [4.78, 5) is 10.8. The fourth-order valence-electron chi connectivity index (χ4n) is 1.86. The van der Waals surface area contributed by atoms with Crippen molar-refractivity contribution in [2.45, 2.75) is 0 Å². The standard InChI is InChI=1S/C13H7ClO3/c14-10-2-1-7-5-11-9(3-8(7)4-10)6-12(17-11)13(15)16/h1-6H,(H,15,16). The molecule has 0 spiro atoms. The van der Waals surface area contributed by atoms with Gasteiger partial charge in [0.15, 0.2) is 0 Å². The predicted molar refractivity (Wildman–Crippen MR) is 65.7 cm³/mol. The molecule has 0 aliphatic carbocycles. The molecule has 0 amide bonds. The SMILES string of the molecule is O=C(O)c1cc2cc3cc(Cl)ccc3cc2o1. The molecule has 0 saturated heterocycles. The van der Waals surface area contributed by atoms with E-state index >= 15 is 0 Å².